The minimum absolute atomic E-state index is 0.292. The van der Waals surface area contributed by atoms with Crippen LogP contribution in [-0.4, -0.2) is 61.1 Å². The molecule has 0 atom stereocenters. The number of hydrogen-bond acceptors (Lipinski definition) is 6. The van der Waals surface area contributed by atoms with E-state index in [0.29, 0.717) is 25.0 Å². The highest BCUT2D eigenvalue weighted by Gasteiger charge is 2.23. The number of rotatable bonds is 10. The molecule has 2 heterocycles. The SMILES string of the molecule is O=C(CC(=O)OCC1CCN(Cc2ccccc2)CC1)OCC1CCN(Cc2ccccc2)CC1. The van der Waals surface area contributed by atoms with Crippen molar-refractivity contribution in [2.45, 2.75) is 45.2 Å². The molecule has 6 nitrogen and oxygen atoms in total. The molecule has 0 saturated carbocycles. The first-order chi connectivity index (χ1) is 17.1. The molecule has 0 unspecified atom stereocenters. The third-order valence-electron chi connectivity index (χ3n) is 7.16. The summed E-state index contributed by atoms with van der Waals surface area (Å²) in [4.78, 5) is 29.1. The van der Waals surface area contributed by atoms with Crippen molar-refractivity contribution in [3.05, 3.63) is 71.8 Å². The van der Waals surface area contributed by atoms with Gasteiger partial charge in [-0.1, -0.05) is 60.7 Å². The fraction of sp³-hybridized carbons (Fsp3) is 0.517. The van der Waals surface area contributed by atoms with Crippen molar-refractivity contribution in [2.75, 3.05) is 39.4 Å². The molecule has 2 aliphatic rings. The number of ether oxygens (including phenoxy) is 2. The van der Waals surface area contributed by atoms with Crippen molar-refractivity contribution in [2.24, 2.45) is 11.8 Å². The summed E-state index contributed by atoms with van der Waals surface area (Å²) in [6, 6.07) is 21.0. The summed E-state index contributed by atoms with van der Waals surface area (Å²) in [5.41, 5.74) is 2.65. The Labute approximate surface area is 209 Å². The third-order valence-corrected chi connectivity index (χ3v) is 7.16. The topological polar surface area (TPSA) is 59.1 Å². The van der Waals surface area contributed by atoms with Crippen molar-refractivity contribution in [1.29, 1.82) is 0 Å². The smallest absolute Gasteiger partial charge is 0.317 e. The highest BCUT2D eigenvalue weighted by molar-refractivity contribution is 5.91. The Balaban J connectivity index is 1.04. The highest BCUT2D eigenvalue weighted by Crippen LogP contribution is 2.21. The molecule has 0 radical (unpaired) electrons. The Morgan fingerprint density at radius 2 is 1.00 bits per heavy atom. The van der Waals surface area contributed by atoms with Crippen LogP contribution in [0.5, 0.6) is 0 Å². The number of nitrogens with zero attached hydrogens (tertiary/aromatic N) is 2. The molecule has 0 bridgehead atoms. The van der Waals surface area contributed by atoms with Gasteiger partial charge in [-0.2, -0.15) is 0 Å². The Kier molecular flexibility index (Phi) is 9.73. The number of benzene rings is 2. The van der Waals surface area contributed by atoms with Gasteiger partial charge in [0.2, 0.25) is 0 Å². The molecule has 2 aromatic carbocycles. The lowest BCUT2D eigenvalue weighted by molar-refractivity contribution is -0.156. The first-order valence-electron chi connectivity index (χ1n) is 13.0. The quantitative estimate of drug-likeness (QED) is 0.375. The molecule has 0 spiro atoms. The van der Waals surface area contributed by atoms with Gasteiger partial charge in [0, 0.05) is 13.1 Å². The number of carbonyl (C=O) groups excluding carboxylic acids is 2. The summed E-state index contributed by atoms with van der Waals surface area (Å²) >= 11 is 0. The van der Waals surface area contributed by atoms with Crippen molar-refractivity contribution in [3.8, 4) is 0 Å². The average molecular weight is 479 g/mol. The zero-order valence-corrected chi connectivity index (χ0v) is 20.6. The maximum Gasteiger partial charge on any atom is 0.317 e. The van der Waals surface area contributed by atoms with Gasteiger partial charge in [-0.05, 0) is 74.8 Å². The van der Waals surface area contributed by atoms with E-state index in [0.717, 1.165) is 65.0 Å². The second-order valence-electron chi connectivity index (χ2n) is 9.95. The van der Waals surface area contributed by atoms with Crippen LogP contribution in [0.1, 0.15) is 43.2 Å². The van der Waals surface area contributed by atoms with Gasteiger partial charge < -0.3 is 9.47 Å². The maximum absolute atomic E-state index is 12.1. The second kappa shape index (κ2) is 13.4. The number of likely N-dealkylation sites (tertiary alicyclic amines) is 2. The van der Waals surface area contributed by atoms with Gasteiger partial charge in [0.15, 0.2) is 0 Å². The Morgan fingerprint density at radius 1 is 0.629 bits per heavy atom. The monoisotopic (exact) mass is 478 g/mol. The lowest BCUT2D eigenvalue weighted by Crippen LogP contribution is -2.35. The van der Waals surface area contributed by atoms with Gasteiger partial charge in [0.1, 0.15) is 6.42 Å². The van der Waals surface area contributed by atoms with Crippen LogP contribution in [0, 0.1) is 11.8 Å². The molecule has 0 aromatic heterocycles. The summed E-state index contributed by atoms with van der Waals surface area (Å²) in [6.45, 7) is 6.73. The zero-order chi connectivity index (χ0) is 24.3. The Bertz CT molecular complexity index is 829. The molecule has 0 N–H and O–H groups in total. The summed E-state index contributed by atoms with van der Waals surface area (Å²) in [5.74, 6) is -0.218. The van der Waals surface area contributed by atoms with Gasteiger partial charge in [-0.25, -0.2) is 0 Å². The first kappa shape index (κ1) is 25.4. The van der Waals surface area contributed by atoms with E-state index >= 15 is 0 Å². The Hall–Kier alpha value is -2.70. The van der Waals surface area contributed by atoms with Gasteiger partial charge in [0.25, 0.3) is 0 Å². The van der Waals surface area contributed by atoms with E-state index in [1.165, 1.54) is 11.1 Å². The van der Waals surface area contributed by atoms with Crippen LogP contribution in [-0.2, 0) is 32.2 Å². The van der Waals surface area contributed by atoms with Crippen LogP contribution in [0.25, 0.3) is 0 Å². The fourth-order valence-corrected chi connectivity index (χ4v) is 4.95. The third kappa shape index (κ3) is 8.79. The van der Waals surface area contributed by atoms with Crippen LogP contribution >= 0.6 is 0 Å². The van der Waals surface area contributed by atoms with Gasteiger partial charge in [0.05, 0.1) is 13.2 Å². The molecular formula is C29H38N2O4. The van der Waals surface area contributed by atoms with E-state index < -0.39 is 11.9 Å². The van der Waals surface area contributed by atoms with E-state index in [-0.39, 0.29) is 6.42 Å². The lowest BCUT2D eigenvalue weighted by atomic mass is 9.97. The standard InChI is InChI=1S/C29H38N2O4/c32-28(34-22-26-11-15-30(16-12-26)20-24-7-3-1-4-8-24)19-29(33)35-23-27-13-17-31(18-14-27)21-25-9-5-2-6-10-25/h1-10,26-27H,11-23H2. The van der Waals surface area contributed by atoms with E-state index in [2.05, 4.69) is 58.3 Å². The fourth-order valence-electron chi connectivity index (χ4n) is 4.95. The molecule has 4 rings (SSSR count). The van der Waals surface area contributed by atoms with Crippen molar-refractivity contribution >= 4 is 11.9 Å². The molecular weight excluding hydrogens is 440 g/mol. The second-order valence-corrected chi connectivity index (χ2v) is 9.95. The van der Waals surface area contributed by atoms with Crippen LogP contribution in [0.3, 0.4) is 0 Å². The molecule has 0 amide bonds. The summed E-state index contributed by atoms with van der Waals surface area (Å²) in [7, 11) is 0. The van der Waals surface area contributed by atoms with E-state index in [1.54, 1.807) is 0 Å². The highest BCUT2D eigenvalue weighted by atomic mass is 16.6. The van der Waals surface area contributed by atoms with Crippen LogP contribution in [0.15, 0.2) is 60.7 Å². The van der Waals surface area contributed by atoms with Gasteiger partial charge in [-0.15, -0.1) is 0 Å². The number of carbonyl (C=O) groups is 2. The van der Waals surface area contributed by atoms with Crippen molar-refractivity contribution in [3.63, 3.8) is 0 Å². The summed E-state index contributed by atoms with van der Waals surface area (Å²) < 4.78 is 10.8. The number of piperidine rings is 2. The maximum atomic E-state index is 12.1. The molecule has 0 aliphatic carbocycles. The Morgan fingerprint density at radius 3 is 1.37 bits per heavy atom. The normalized spacial score (nSPS) is 18.3. The van der Waals surface area contributed by atoms with Crippen LogP contribution in [0.2, 0.25) is 0 Å². The summed E-state index contributed by atoms with van der Waals surface area (Å²) in [6.07, 6.45) is 3.74. The molecule has 35 heavy (non-hydrogen) atoms. The number of hydrogen-bond donors (Lipinski definition) is 0. The van der Waals surface area contributed by atoms with E-state index in [1.807, 2.05) is 12.1 Å². The van der Waals surface area contributed by atoms with Crippen LogP contribution in [0.4, 0.5) is 0 Å². The van der Waals surface area contributed by atoms with E-state index in [4.69, 9.17) is 9.47 Å². The van der Waals surface area contributed by atoms with Gasteiger partial charge >= 0.3 is 11.9 Å². The van der Waals surface area contributed by atoms with Crippen molar-refractivity contribution < 1.29 is 19.1 Å². The largest absolute Gasteiger partial charge is 0.465 e. The predicted octanol–water partition coefficient (Wildman–Crippen LogP) is 4.29. The summed E-state index contributed by atoms with van der Waals surface area (Å²) in [5, 5.41) is 0. The number of esters is 2. The lowest BCUT2D eigenvalue weighted by Gasteiger charge is -2.31. The van der Waals surface area contributed by atoms with Crippen LogP contribution < -0.4 is 0 Å². The predicted molar refractivity (Wildman–Crippen MR) is 135 cm³/mol. The molecule has 2 aromatic rings. The molecule has 6 heteroatoms. The minimum atomic E-state index is -0.473. The first-order valence-corrected chi connectivity index (χ1v) is 13.0. The molecule has 2 fully saturated rings. The van der Waals surface area contributed by atoms with Gasteiger partial charge in [-0.3, -0.25) is 19.4 Å². The molecule has 2 saturated heterocycles. The van der Waals surface area contributed by atoms with Crippen molar-refractivity contribution in [1.82, 2.24) is 9.80 Å². The molecule has 188 valence electrons. The molecule has 2 aliphatic heterocycles. The zero-order valence-electron chi connectivity index (χ0n) is 20.6. The average Bonchev–Trinajstić information content (AvgIpc) is 2.89. The minimum Gasteiger partial charge on any atom is -0.465 e. The van der Waals surface area contributed by atoms with E-state index in [9.17, 15) is 9.59 Å².